The van der Waals surface area contributed by atoms with Crippen LogP contribution in [0.3, 0.4) is 0 Å². The highest BCUT2D eigenvalue weighted by molar-refractivity contribution is 9.11. The van der Waals surface area contributed by atoms with Gasteiger partial charge in [0.2, 0.25) is 0 Å². The molecule has 0 unspecified atom stereocenters. The normalized spacial score (nSPS) is 10.3. The van der Waals surface area contributed by atoms with Crippen LogP contribution in [0.2, 0.25) is 0 Å². The monoisotopic (exact) mass is 431 g/mol. The molecule has 1 N–H and O–H groups in total. The van der Waals surface area contributed by atoms with Crippen LogP contribution in [-0.4, -0.2) is 19.0 Å². The smallest absolute Gasteiger partial charge is 0.350 e. The molecule has 2 rings (SSSR count). The van der Waals surface area contributed by atoms with Crippen molar-refractivity contribution in [1.29, 1.82) is 0 Å². The first-order chi connectivity index (χ1) is 9.93. The van der Waals surface area contributed by atoms with Gasteiger partial charge in [0.25, 0.3) is 5.91 Å². The Morgan fingerprint density at radius 3 is 2.67 bits per heavy atom. The lowest BCUT2D eigenvalue weighted by Gasteiger charge is -2.09. The van der Waals surface area contributed by atoms with Gasteiger partial charge in [0.15, 0.2) is 0 Å². The number of esters is 1. The van der Waals surface area contributed by atoms with Gasteiger partial charge in [0.05, 0.1) is 18.4 Å². The van der Waals surface area contributed by atoms with E-state index < -0.39 is 5.97 Å². The summed E-state index contributed by atoms with van der Waals surface area (Å²) in [4.78, 5) is 24.5. The van der Waals surface area contributed by atoms with E-state index in [1.165, 1.54) is 18.4 Å². The molecule has 1 amide bonds. The molecule has 0 atom stereocenters. The third-order valence-corrected chi connectivity index (χ3v) is 5.02. The highest BCUT2D eigenvalue weighted by atomic mass is 79.9. The number of carbonyl (C=O) groups is 2. The third-order valence-electron chi connectivity index (χ3n) is 2.76. The second-order valence-corrected chi connectivity index (χ2v) is 6.84. The van der Waals surface area contributed by atoms with Crippen LogP contribution in [-0.2, 0) is 4.74 Å². The van der Waals surface area contributed by atoms with Gasteiger partial charge in [-0.25, -0.2) is 4.79 Å². The minimum absolute atomic E-state index is 0.296. The van der Waals surface area contributed by atoms with E-state index in [4.69, 9.17) is 4.74 Å². The Labute approximate surface area is 142 Å². The zero-order chi connectivity index (χ0) is 15.6. The average Bonchev–Trinajstić information content (AvgIpc) is 2.82. The maximum absolute atomic E-state index is 12.4. The SMILES string of the molecule is COC(=O)c1scc(C)c1NC(=O)c1cc(Br)ccc1Br. The first-order valence-corrected chi connectivity index (χ1v) is 8.33. The van der Waals surface area contributed by atoms with Crippen LogP contribution in [0, 0.1) is 6.92 Å². The summed E-state index contributed by atoms with van der Waals surface area (Å²) in [6, 6.07) is 5.32. The van der Waals surface area contributed by atoms with Gasteiger partial charge in [-0.3, -0.25) is 4.79 Å². The summed E-state index contributed by atoms with van der Waals surface area (Å²) in [5.41, 5.74) is 1.79. The molecule has 21 heavy (non-hydrogen) atoms. The molecule has 110 valence electrons. The van der Waals surface area contributed by atoms with Crippen LogP contribution < -0.4 is 5.32 Å². The highest BCUT2D eigenvalue weighted by Crippen LogP contribution is 2.30. The summed E-state index contributed by atoms with van der Waals surface area (Å²) < 4.78 is 6.20. The Hall–Kier alpha value is -1.18. The van der Waals surface area contributed by atoms with Gasteiger partial charge in [-0.15, -0.1) is 11.3 Å². The standard InChI is InChI=1S/C14H11Br2NO3S/c1-7-6-21-12(14(19)20-2)11(7)17-13(18)9-5-8(15)3-4-10(9)16/h3-6H,1-2H3,(H,17,18). The predicted octanol–water partition coefficient (Wildman–Crippen LogP) is 4.62. The summed E-state index contributed by atoms with van der Waals surface area (Å²) in [6.07, 6.45) is 0. The zero-order valence-electron chi connectivity index (χ0n) is 11.2. The molecule has 7 heteroatoms. The lowest BCUT2D eigenvalue weighted by molar-refractivity contribution is 0.0607. The molecule has 0 radical (unpaired) electrons. The van der Waals surface area contributed by atoms with Crippen molar-refractivity contribution >= 4 is 60.8 Å². The molecule has 0 fully saturated rings. The van der Waals surface area contributed by atoms with Gasteiger partial charge >= 0.3 is 5.97 Å². The lowest BCUT2D eigenvalue weighted by Crippen LogP contribution is -2.15. The van der Waals surface area contributed by atoms with Crippen molar-refractivity contribution in [3.63, 3.8) is 0 Å². The van der Waals surface area contributed by atoms with Gasteiger partial charge in [0, 0.05) is 8.95 Å². The summed E-state index contributed by atoms with van der Waals surface area (Å²) in [5.74, 6) is -0.758. The summed E-state index contributed by atoms with van der Waals surface area (Å²) >= 11 is 7.92. The van der Waals surface area contributed by atoms with E-state index in [9.17, 15) is 9.59 Å². The van der Waals surface area contributed by atoms with Crippen LogP contribution in [0.5, 0.6) is 0 Å². The highest BCUT2D eigenvalue weighted by Gasteiger charge is 2.20. The van der Waals surface area contributed by atoms with Crippen LogP contribution >= 0.6 is 43.2 Å². The van der Waals surface area contributed by atoms with Crippen molar-refractivity contribution in [3.8, 4) is 0 Å². The molecular formula is C14H11Br2NO3S. The fourth-order valence-corrected chi connectivity index (χ4v) is 3.40. The molecular weight excluding hydrogens is 422 g/mol. The number of hydrogen-bond donors (Lipinski definition) is 1. The Morgan fingerprint density at radius 1 is 1.29 bits per heavy atom. The van der Waals surface area contributed by atoms with Crippen molar-refractivity contribution in [3.05, 3.63) is 48.5 Å². The number of ether oxygens (including phenoxy) is 1. The van der Waals surface area contributed by atoms with Crippen molar-refractivity contribution in [2.45, 2.75) is 6.92 Å². The van der Waals surface area contributed by atoms with Crippen LogP contribution in [0.1, 0.15) is 25.6 Å². The minimum atomic E-state index is -0.461. The van der Waals surface area contributed by atoms with Crippen molar-refractivity contribution in [2.75, 3.05) is 12.4 Å². The molecule has 1 heterocycles. The molecule has 0 saturated carbocycles. The van der Waals surface area contributed by atoms with Crippen molar-refractivity contribution in [1.82, 2.24) is 0 Å². The van der Waals surface area contributed by atoms with Gasteiger partial charge in [-0.1, -0.05) is 15.9 Å². The lowest BCUT2D eigenvalue weighted by atomic mass is 10.2. The molecule has 0 aliphatic carbocycles. The van der Waals surface area contributed by atoms with Crippen LogP contribution in [0.15, 0.2) is 32.5 Å². The molecule has 1 aromatic carbocycles. The minimum Gasteiger partial charge on any atom is -0.465 e. The van der Waals surface area contributed by atoms with E-state index in [-0.39, 0.29) is 5.91 Å². The molecule has 2 aromatic rings. The van der Waals surface area contributed by atoms with E-state index in [2.05, 4.69) is 37.2 Å². The Morgan fingerprint density at radius 2 is 2.00 bits per heavy atom. The fraction of sp³-hybridized carbons (Fsp3) is 0.143. The molecule has 0 aliphatic heterocycles. The Bertz CT molecular complexity index is 712. The molecule has 0 aliphatic rings. The van der Waals surface area contributed by atoms with Crippen molar-refractivity contribution in [2.24, 2.45) is 0 Å². The topological polar surface area (TPSA) is 55.4 Å². The number of carbonyl (C=O) groups excluding carboxylic acids is 2. The van der Waals surface area contributed by atoms with E-state index >= 15 is 0 Å². The molecule has 0 spiro atoms. The number of hydrogen-bond acceptors (Lipinski definition) is 4. The number of aryl methyl sites for hydroxylation is 1. The van der Waals surface area contributed by atoms with Crippen LogP contribution in [0.25, 0.3) is 0 Å². The molecule has 0 bridgehead atoms. The van der Waals surface area contributed by atoms with Gasteiger partial charge < -0.3 is 10.1 Å². The van der Waals surface area contributed by atoms with E-state index in [0.29, 0.717) is 20.6 Å². The first kappa shape index (κ1) is 16.2. The molecule has 4 nitrogen and oxygen atoms in total. The number of methoxy groups -OCH3 is 1. The van der Waals surface area contributed by atoms with E-state index in [0.717, 1.165) is 10.0 Å². The van der Waals surface area contributed by atoms with Crippen molar-refractivity contribution < 1.29 is 14.3 Å². The number of benzene rings is 1. The number of anilines is 1. The maximum Gasteiger partial charge on any atom is 0.350 e. The second-order valence-electron chi connectivity index (χ2n) is 4.19. The number of amides is 1. The Kier molecular flexibility index (Phi) is 5.18. The largest absolute Gasteiger partial charge is 0.465 e. The van der Waals surface area contributed by atoms with Gasteiger partial charge in [-0.2, -0.15) is 0 Å². The summed E-state index contributed by atoms with van der Waals surface area (Å²) in [7, 11) is 1.31. The first-order valence-electron chi connectivity index (χ1n) is 5.87. The van der Waals surface area contributed by atoms with E-state index in [1.54, 1.807) is 17.5 Å². The second kappa shape index (κ2) is 6.72. The maximum atomic E-state index is 12.4. The summed E-state index contributed by atoms with van der Waals surface area (Å²) in [6.45, 7) is 1.83. The van der Waals surface area contributed by atoms with E-state index in [1.807, 2.05) is 13.0 Å². The number of thiophene rings is 1. The average molecular weight is 433 g/mol. The number of rotatable bonds is 3. The molecule has 1 aromatic heterocycles. The molecule has 0 saturated heterocycles. The fourth-order valence-electron chi connectivity index (χ4n) is 1.69. The third kappa shape index (κ3) is 3.53. The number of halogens is 2. The summed E-state index contributed by atoms with van der Waals surface area (Å²) in [5, 5.41) is 4.58. The predicted molar refractivity (Wildman–Crippen MR) is 90.2 cm³/mol. The van der Waals surface area contributed by atoms with Crippen LogP contribution in [0.4, 0.5) is 5.69 Å². The zero-order valence-corrected chi connectivity index (χ0v) is 15.2. The van der Waals surface area contributed by atoms with Gasteiger partial charge in [0.1, 0.15) is 4.88 Å². The Balaban J connectivity index is 2.34. The quantitative estimate of drug-likeness (QED) is 0.720. The number of nitrogens with one attached hydrogen (secondary N) is 1. The van der Waals surface area contributed by atoms with Gasteiger partial charge in [-0.05, 0) is 52.0 Å².